The maximum Gasteiger partial charge on any atom is 0.180 e. The van der Waals surface area contributed by atoms with Crippen molar-refractivity contribution >= 4 is 54.4 Å². The summed E-state index contributed by atoms with van der Waals surface area (Å²) in [4.78, 5) is 10.1. The smallest absolute Gasteiger partial charge is 0.180 e. The van der Waals surface area contributed by atoms with Crippen molar-refractivity contribution in [1.29, 1.82) is 0 Å². The van der Waals surface area contributed by atoms with Crippen molar-refractivity contribution in [2.45, 2.75) is 0 Å². The summed E-state index contributed by atoms with van der Waals surface area (Å²) >= 11 is 0. The molecule has 0 bridgehead atoms. The summed E-state index contributed by atoms with van der Waals surface area (Å²) in [5.41, 5.74) is 9.64. The van der Waals surface area contributed by atoms with E-state index in [1.165, 1.54) is 43.4 Å². The molecule has 0 aliphatic heterocycles. The largest absolute Gasteiger partial charge is 0.452 e. The van der Waals surface area contributed by atoms with Crippen LogP contribution in [0.4, 0.5) is 0 Å². The summed E-state index contributed by atoms with van der Waals surface area (Å²) in [7, 11) is 0. The molecule has 0 N–H and O–H groups in total. The van der Waals surface area contributed by atoms with Crippen LogP contribution in [0.5, 0.6) is 0 Å². The number of fused-ring (bicyclic) bond motifs is 9. The Morgan fingerprint density at radius 3 is 1.47 bits per heavy atom. The minimum absolute atomic E-state index is 0.683. The Hall–Kier alpha value is -6.58. The molecule has 0 aliphatic carbocycles. The highest BCUT2D eigenvalue weighted by Crippen LogP contribution is 2.39. The zero-order valence-corrected chi connectivity index (χ0v) is 26.5. The molecular formula is C46H28N2O. The zero-order valence-electron chi connectivity index (χ0n) is 26.5. The first-order chi connectivity index (χ1) is 24.3. The van der Waals surface area contributed by atoms with E-state index in [9.17, 15) is 0 Å². The summed E-state index contributed by atoms with van der Waals surface area (Å²) in [6, 6.07) is 59.9. The zero-order chi connectivity index (χ0) is 32.3. The van der Waals surface area contributed by atoms with Crippen LogP contribution in [-0.4, -0.2) is 9.97 Å². The molecule has 0 saturated heterocycles. The molecule has 0 fully saturated rings. The van der Waals surface area contributed by atoms with Gasteiger partial charge in [0, 0.05) is 16.5 Å². The van der Waals surface area contributed by atoms with E-state index in [0.717, 1.165) is 44.4 Å². The second-order valence-corrected chi connectivity index (χ2v) is 12.6. The van der Waals surface area contributed by atoms with Gasteiger partial charge in [-0.2, -0.15) is 0 Å². The average molecular weight is 625 g/mol. The van der Waals surface area contributed by atoms with Crippen LogP contribution < -0.4 is 0 Å². The summed E-state index contributed by atoms with van der Waals surface area (Å²) in [6.45, 7) is 0. The van der Waals surface area contributed by atoms with Gasteiger partial charge in [-0.3, -0.25) is 0 Å². The van der Waals surface area contributed by atoms with Crippen molar-refractivity contribution in [1.82, 2.24) is 9.97 Å². The fourth-order valence-electron chi connectivity index (χ4n) is 7.30. The molecular weight excluding hydrogens is 597 g/mol. The van der Waals surface area contributed by atoms with E-state index in [-0.39, 0.29) is 0 Å². The van der Waals surface area contributed by atoms with Crippen LogP contribution in [0.1, 0.15) is 0 Å². The molecule has 0 saturated carbocycles. The van der Waals surface area contributed by atoms with E-state index in [1.807, 2.05) is 48.5 Å². The van der Waals surface area contributed by atoms with E-state index >= 15 is 0 Å². The normalized spacial score (nSPS) is 11.7. The number of rotatable bonds is 4. The van der Waals surface area contributed by atoms with Crippen LogP contribution >= 0.6 is 0 Å². The van der Waals surface area contributed by atoms with Gasteiger partial charge < -0.3 is 4.42 Å². The molecule has 0 atom stereocenters. The van der Waals surface area contributed by atoms with Gasteiger partial charge in [0.1, 0.15) is 16.8 Å². The fourth-order valence-corrected chi connectivity index (χ4v) is 7.30. The van der Waals surface area contributed by atoms with Gasteiger partial charge >= 0.3 is 0 Å². The minimum atomic E-state index is 0.683. The van der Waals surface area contributed by atoms with E-state index in [4.69, 9.17) is 14.4 Å². The predicted octanol–water partition coefficient (Wildman–Crippen LogP) is 12.5. The third-order valence-electron chi connectivity index (χ3n) is 9.67. The molecule has 228 valence electrons. The lowest BCUT2D eigenvalue weighted by Gasteiger charge is -2.12. The number of aromatic nitrogens is 2. The molecule has 3 nitrogen and oxygen atoms in total. The standard InChI is InChI=1S/C46H28N2O/c1-3-12-29(13-4-1)43-45-44(48-46(47-43)30-14-5-2-6-15-30)40-25-23-34(28-42(40)49-45)32-17-11-16-31(26-32)33-22-24-39-37-20-8-7-18-35(37)36-19-9-10-21-38(36)41(39)27-33/h1-28H. The first-order valence-corrected chi connectivity index (χ1v) is 16.6. The van der Waals surface area contributed by atoms with Gasteiger partial charge in [-0.15, -0.1) is 0 Å². The maximum absolute atomic E-state index is 6.61. The monoisotopic (exact) mass is 624 g/mol. The van der Waals surface area contributed by atoms with Gasteiger partial charge in [0.15, 0.2) is 11.4 Å². The summed E-state index contributed by atoms with van der Waals surface area (Å²) in [5.74, 6) is 0.683. The Bertz CT molecular complexity index is 2840. The molecule has 0 unspecified atom stereocenters. The van der Waals surface area contributed by atoms with Crippen molar-refractivity contribution in [2.75, 3.05) is 0 Å². The number of nitrogens with zero attached hydrogens (tertiary/aromatic N) is 2. The van der Waals surface area contributed by atoms with Crippen molar-refractivity contribution in [3.05, 3.63) is 170 Å². The second-order valence-electron chi connectivity index (χ2n) is 12.6. The van der Waals surface area contributed by atoms with Crippen molar-refractivity contribution in [3.63, 3.8) is 0 Å². The number of benzene rings is 8. The Morgan fingerprint density at radius 2 is 0.816 bits per heavy atom. The van der Waals surface area contributed by atoms with Crippen LogP contribution in [0, 0.1) is 0 Å². The van der Waals surface area contributed by atoms with Crippen LogP contribution in [0.3, 0.4) is 0 Å². The SMILES string of the molecule is c1ccc(-c2nc(-c3ccccc3)c3oc4cc(-c5cccc(-c6ccc7c8ccccc8c8ccccc8c7c6)c5)ccc4c3n2)cc1. The number of hydrogen-bond acceptors (Lipinski definition) is 3. The van der Waals surface area contributed by atoms with Crippen LogP contribution in [0.15, 0.2) is 174 Å². The molecule has 2 aromatic heterocycles. The second kappa shape index (κ2) is 11.0. The van der Waals surface area contributed by atoms with Crippen LogP contribution in [0.2, 0.25) is 0 Å². The molecule has 3 heteroatoms. The predicted molar refractivity (Wildman–Crippen MR) is 204 cm³/mol. The lowest BCUT2D eigenvalue weighted by atomic mass is 9.91. The maximum atomic E-state index is 6.61. The Labute approximate surface area is 282 Å². The molecule has 10 rings (SSSR count). The molecule has 0 aliphatic rings. The Kier molecular flexibility index (Phi) is 6.18. The lowest BCUT2D eigenvalue weighted by molar-refractivity contribution is 0.667. The van der Waals surface area contributed by atoms with Crippen LogP contribution in [0.25, 0.3) is 99.3 Å². The quantitative estimate of drug-likeness (QED) is 0.183. The third kappa shape index (κ3) is 4.51. The molecule has 10 aromatic rings. The molecule has 0 radical (unpaired) electrons. The lowest BCUT2D eigenvalue weighted by Crippen LogP contribution is -1.93. The van der Waals surface area contributed by atoms with Crippen LogP contribution in [-0.2, 0) is 0 Å². The van der Waals surface area contributed by atoms with Gasteiger partial charge in [0.05, 0.1) is 0 Å². The Balaban J connectivity index is 1.11. The first-order valence-electron chi connectivity index (χ1n) is 16.6. The highest BCUT2D eigenvalue weighted by atomic mass is 16.3. The Morgan fingerprint density at radius 1 is 0.327 bits per heavy atom. The summed E-state index contributed by atoms with van der Waals surface area (Å²) in [5, 5.41) is 8.65. The molecule has 49 heavy (non-hydrogen) atoms. The van der Waals surface area contributed by atoms with Gasteiger partial charge in [0.2, 0.25) is 0 Å². The topological polar surface area (TPSA) is 38.9 Å². The van der Waals surface area contributed by atoms with E-state index in [1.54, 1.807) is 0 Å². The van der Waals surface area contributed by atoms with E-state index in [2.05, 4.69) is 121 Å². The molecule has 0 spiro atoms. The summed E-state index contributed by atoms with van der Waals surface area (Å²) in [6.07, 6.45) is 0. The minimum Gasteiger partial charge on any atom is -0.452 e. The van der Waals surface area contributed by atoms with Gasteiger partial charge in [-0.05, 0) is 78.8 Å². The number of hydrogen-bond donors (Lipinski definition) is 0. The van der Waals surface area contributed by atoms with E-state index < -0.39 is 0 Å². The highest BCUT2D eigenvalue weighted by molar-refractivity contribution is 6.25. The molecule has 2 heterocycles. The van der Waals surface area contributed by atoms with E-state index in [0.29, 0.717) is 11.4 Å². The van der Waals surface area contributed by atoms with Gasteiger partial charge in [-0.25, -0.2) is 9.97 Å². The fraction of sp³-hybridized carbons (Fsp3) is 0. The molecule has 0 amide bonds. The highest BCUT2D eigenvalue weighted by Gasteiger charge is 2.19. The summed E-state index contributed by atoms with van der Waals surface area (Å²) < 4.78 is 6.61. The van der Waals surface area contributed by atoms with Gasteiger partial charge in [-0.1, -0.05) is 146 Å². The van der Waals surface area contributed by atoms with Crippen molar-refractivity contribution in [3.8, 4) is 44.9 Å². The third-order valence-corrected chi connectivity index (χ3v) is 9.67. The average Bonchev–Trinajstić information content (AvgIpc) is 3.56. The first kappa shape index (κ1) is 27.5. The molecule has 8 aromatic carbocycles. The number of furan rings is 1. The van der Waals surface area contributed by atoms with Crippen molar-refractivity contribution in [2.24, 2.45) is 0 Å². The van der Waals surface area contributed by atoms with Crippen molar-refractivity contribution < 1.29 is 4.42 Å². The van der Waals surface area contributed by atoms with Gasteiger partial charge in [0.25, 0.3) is 0 Å².